The molecule has 4 aromatic carbocycles. The molecule has 0 aromatic heterocycles. The molecule has 1 N–H and O–H groups in total. The molecule has 4 aromatic rings. The molecule has 0 atom stereocenters. The van der Waals surface area contributed by atoms with E-state index >= 15 is 0 Å². The van der Waals surface area contributed by atoms with Crippen LogP contribution in [0.3, 0.4) is 0 Å². The molecular weight excluding hydrogens is 424 g/mol. The van der Waals surface area contributed by atoms with Gasteiger partial charge in [0.05, 0.1) is 17.7 Å². The number of nitrogens with zero attached hydrogens (tertiary/aromatic N) is 1. The van der Waals surface area contributed by atoms with Crippen molar-refractivity contribution in [3.8, 4) is 5.75 Å². The van der Waals surface area contributed by atoms with Crippen LogP contribution in [-0.4, -0.2) is 28.0 Å². The first kappa shape index (κ1) is 21.4. The Morgan fingerprint density at radius 1 is 0.844 bits per heavy atom. The zero-order valence-electron chi connectivity index (χ0n) is 17.4. The number of carbonyl (C=O) groups is 1. The zero-order chi connectivity index (χ0) is 22.6. The number of hydrogen-bond donors (Lipinski definition) is 1. The Labute approximate surface area is 187 Å². The van der Waals surface area contributed by atoms with Gasteiger partial charge < -0.3 is 10.1 Å². The maximum absolute atomic E-state index is 13.4. The number of hydrogen-bond acceptors (Lipinski definition) is 4. The van der Waals surface area contributed by atoms with Crippen molar-refractivity contribution in [2.45, 2.75) is 4.90 Å². The molecule has 6 nitrogen and oxygen atoms in total. The zero-order valence-corrected chi connectivity index (χ0v) is 18.2. The van der Waals surface area contributed by atoms with E-state index in [1.54, 1.807) is 48.5 Å². The molecule has 0 aliphatic carbocycles. The second kappa shape index (κ2) is 9.11. The van der Waals surface area contributed by atoms with Gasteiger partial charge >= 0.3 is 0 Å². The summed E-state index contributed by atoms with van der Waals surface area (Å²) in [5.41, 5.74) is 0.962. The van der Waals surface area contributed by atoms with E-state index in [9.17, 15) is 13.2 Å². The van der Waals surface area contributed by atoms with Crippen molar-refractivity contribution >= 4 is 38.1 Å². The summed E-state index contributed by atoms with van der Waals surface area (Å²) >= 11 is 0. The van der Waals surface area contributed by atoms with Crippen molar-refractivity contribution in [1.29, 1.82) is 0 Å². The van der Waals surface area contributed by atoms with Crippen LogP contribution in [0.2, 0.25) is 0 Å². The predicted octanol–water partition coefficient (Wildman–Crippen LogP) is 4.68. The number of sulfonamides is 1. The summed E-state index contributed by atoms with van der Waals surface area (Å²) in [6.45, 7) is -0.379. The van der Waals surface area contributed by atoms with Crippen molar-refractivity contribution in [3.05, 3.63) is 97.1 Å². The van der Waals surface area contributed by atoms with E-state index in [2.05, 4.69) is 5.32 Å². The fraction of sp³-hybridized carbons (Fsp3) is 0.0800. The second-order valence-corrected chi connectivity index (χ2v) is 9.00. The van der Waals surface area contributed by atoms with E-state index in [1.807, 2.05) is 36.4 Å². The number of ether oxygens (including phenoxy) is 1. The lowest BCUT2D eigenvalue weighted by Crippen LogP contribution is -2.38. The first-order valence-corrected chi connectivity index (χ1v) is 11.4. The molecule has 32 heavy (non-hydrogen) atoms. The highest BCUT2D eigenvalue weighted by molar-refractivity contribution is 7.92. The Morgan fingerprint density at radius 3 is 2.19 bits per heavy atom. The van der Waals surface area contributed by atoms with Crippen LogP contribution in [0, 0.1) is 0 Å². The van der Waals surface area contributed by atoms with E-state index < -0.39 is 15.9 Å². The fourth-order valence-corrected chi connectivity index (χ4v) is 4.82. The maximum atomic E-state index is 13.4. The minimum Gasteiger partial charge on any atom is -0.497 e. The molecule has 0 heterocycles. The van der Waals surface area contributed by atoms with Gasteiger partial charge in [-0.05, 0) is 59.3 Å². The number of nitrogens with one attached hydrogen (secondary N) is 1. The van der Waals surface area contributed by atoms with Crippen molar-refractivity contribution < 1.29 is 17.9 Å². The second-order valence-electron chi connectivity index (χ2n) is 7.13. The van der Waals surface area contributed by atoms with E-state index in [1.165, 1.54) is 19.2 Å². The van der Waals surface area contributed by atoms with E-state index in [-0.39, 0.29) is 11.4 Å². The van der Waals surface area contributed by atoms with Crippen LogP contribution in [-0.2, 0) is 14.8 Å². The predicted molar refractivity (Wildman–Crippen MR) is 127 cm³/mol. The summed E-state index contributed by atoms with van der Waals surface area (Å²) in [7, 11) is -2.43. The topological polar surface area (TPSA) is 75.7 Å². The van der Waals surface area contributed by atoms with Crippen LogP contribution in [0.4, 0.5) is 11.4 Å². The van der Waals surface area contributed by atoms with Gasteiger partial charge in [0.25, 0.3) is 10.0 Å². The smallest absolute Gasteiger partial charge is 0.264 e. The first-order valence-electron chi connectivity index (χ1n) is 9.98. The third-order valence-electron chi connectivity index (χ3n) is 5.01. The van der Waals surface area contributed by atoms with Gasteiger partial charge in [-0.1, -0.05) is 48.5 Å². The molecule has 0 fully saturated rings. The van der Waals surface area contributed by atoms with Crippen LogP contribution in [0.25, 0.3) is 10.8 Å². The summed E-state index contributed by atoms with van der Waals surface area (Å²) in [5.74, 6) is 0.141. The van der Waals surface area contributed by atoms with Gasteiger partial charge in [-0.25, -0.2) is 8.42 Å². The number of methoxy groups -OCH3 is 1. The summed E-state index contributed by atoms with van der Waals surface area (Å²) in [6, 6.07) is 28.0. The van der Waals surface area contributed by atoms with Gasteiger partial charge in [0.2, 0.25) is 5.91 Å². The highest BCUT2D eigenvalue weighted by atomic mass is 32.2. The maximum Gasteiger partial charge on any atom is 0.264 e. The molecule has 0 radical (unpaired) electrons. The molecule has 0 saturated heterocycles. The van der Waals surface area contributed by atoms with Crippen LogP contribution in [0.5, 0.6) is 5.75 Å². The number of rotatable bonds is 7. The molecule has 0 aliphatic rings. The lowest BCUT2D eigenvalue weighted by Gasteiger charge is -2.24. The number of fused-ring (bicyclic) bond motifs is 1. The number of anilines is 2. The molecule has 4 rings (SSSR count). The average molecular weight is 447 g/mol. The SMILES string of the molecule is COc1ccc(N(CC(=O)Nc2ccc3ccccc3c2)S(=O)(=O)c2ccccc2)cc1. The van der Waals surface area contributed by atoms with Crippen LogP contribution < -0.4 is 14.4 Å². The first-order chi connectivity index (χ1) is 15.5. The Morgan fingerprint density at radius 2 is 1.50 bits per heavy atom. The molecule has 0 spiro atoms. The lowest BCUT2D eigenvalue weighted by molar-refractivity contribution is -0.114. The molecule has 7 heteroatoms. The summed E-state index contributed by atoms with van der Waals surface area (Å²) in [6.07, 6.45) is 0. The van der Waals surface area contributed by atoms with Gasteiger partial charge in [0.1, 0.15) is 12.3 Å². The summed E-state index contributed by atoms with van der Waals surface area (Å²) < 4.78 is 33.0. The summed E-state index contributed by atoms with van der Waals surface area (Å²) in [4.78, 5) is 13.0. The quantitative estimate of drug-likeness (QED) is 0.447. The van der Waals surface area contributed by atoms with Gasteiger partial charge in [0.15, 0.2) is 0 Å². The van der Waals surface area contributed by atoms with Crippen molar-refractivity contribution in [3.63, 3.8) is 0 Å². The van der Waals surface area contributed by atoms with E-state index in [0.717, 1.165) is 15.1 Å². The van der Waals surface area contributed by atoms with E-state index in [4.69, 9.17) is 4.74 Å². The Kier molecular flexibility index (Phi) is 6.09. The standard InChI is InChI=1S/C25H22N2O4S/c1-31-23-15-13-22(14-16-23)27(32(29,30)24-9-3-2-4-10-24)18-25(28)26-21-12-11-19-7-5-6-8-20(19)17-21/h2-17H,18H2,1H3,(H,26,28). The average Bonchev–Trinajstić information content (AvgIpc) is 2.83. The normalized spacial score (nSPS) is 11.2. The van der Waals surface area contributed by atoms with Crippen molar-refractivity contribution in [2.75, 3.05) is 23.3 Å². The minimum atomic E-state index is -3.96. The molecular formula is C25H22N2O4S. The van der Waals surface area contributed by atoms with Gasteiger partial charge in [0, 0.05) is 5.69 Å². The third-order valence-corrected chi connectivity index (χ3v) is 6.80. The highest BCUT2D eigenvalue weighted by Crippen LogP contribution is 2.26. The van der Waals surface area contributed by atoms with Gasteiger partial charge in [-0.3, -0.25) is 9.10 Å². The van der Waals surface area contributed by atoms with Gasteiger partial charge in [-0.15, -0.1) is 0 Å². The largest absolute Gasteiger partial charge is 0.497 e. The molecule has 0 saturated carbocycles. The molecule has 1 amide bonds. The third kappa shape index (κ3) is 4.58. The van der Waals surface area contributed by atoms with Crippen LogP contribution in [0.15, 0.2) is 102 Å². The summed E-state index contributed by atoms with van der Waals surface area (Å²) in [5, 5.41) is 4.84. The van der Waals surface area contributed by atoms with Gasteiger partial charge in [-0.2, -0.15) is 0 Å². The van der Waals surface area contributed by atoms with E-state index in [0.29, 0.717) is 17.1 Å². The van der Waals surface area contributed by atoms with Crippen LogP contribution in [0.1, 0.15) is 0 Å². The Bertz CT molecular complexity index is 1340. The number of amides is 1. The minimum absolute atomic E-state index is 0.106. The molecule has 0 unspecified atom stereocenters. The highest BCUT2D eigenvalue weighted by Gasteiger charge is 2.27. The Hall–Kier alpha value is -3.84. The lowest BCUT2D eigenvalue weighted by atomic mass is 10.1. The Balaban J connectivity index is 1.63. The fourth-order valence-electron chi connectivity index (χ4n) is 3.38. The molecule has 0 bridgehead atoms. The van der Waals surface area contributed by atoms with Crippen molar-refractivity contribution in [2.24, 2.45) is 0 Å². The van der Waals surface area contributed by atoms with Crippen molar-refractivity contribution in [1.82, 2.24) is 0 Å². The monoisotopic (exact) mass is 446 g/mol. The molecule has 0 aliphatic heterocycles. The van der Waals surface area contributed by atoms with Crippen LogP contribution >= 0.6 is 0 Å². The number of carbonyl (C=O) groups excluding carboxylic acids is 1. The number of benzene rings is 4. The molecule has 162 valence electrons.